The summed E-state index contributed by atoms with van der Waals surface area (Å²) in [6.45, 7) is 2.76. The Kier molecular flexibility index (Phi) is 3.03. The highest BCUT2D eigenvalue weighted by molar-refractivity contribution is 5.20. The topological polar surface area (TPSA) is 35.2 Å². The fourth-order valence-electron chi connectivity index (χ4n) is 2.06. The second kappa shape index (κ2) is 4.29. The largest absolute Gasteiger partial charge is 0.378 e. The Morgan fingerprint density at radius 2 is 2.07 bits per heavy atom. The average molecular weight is 209 g/mol. The summed E-state index contributed by atoms with van der Waals surface area (Å²) in [6, 6.07) is 6.37. The van der Waals surface area contributed by atoms with Crippen molar-refractivity contribution in [2.75, 3.05) is 6.61 Å². The summed E-state index contributed by atoms with van der Waals surface area (Å²) >= 11 is 0. The van der Waals surface area contributed by atoms with Crippen molar-refractivity contribution in [3.05, 3.63) is 35.6 Å². The van der Waals surface area contributed by atoms with E-state index in [4.69, 9.17) is 10.5 Å². The van der Waals surface area contributed by atoms with E-state index < -0.39 is 0 Å². The van der Waals surface area contributed by atoms with Crippen LogP contribution in [0.4, 0.5) is 4.39 Å². The highest BCUT2D eigenvalue weighted by atomic mass is 19.1. The van der Waals surface area contributed by atoms with Crippen molar-refractivity contribution >= 4 is 0 Å². The van der Waals surface area contributed by atoms with E-state index in [-0.39, 0.29) is 11.9 Å². The third-order valence-electron chi connectivity index (χ3n) is 2.99. The average Bonchev–Trinajstić information content (AvgIpc) is 2.65. The van der Waals surface area contributed by atoms with Crippen LogP contribution in [0.1, 0.15) is 24.9 Å². The molecule has 2 rings (SSSR count). The Labute approximate surface area is 89.2 Å². The molecule has 0 radical (unpaired) electrons. The van der Waals surface area contributed by atoms with E-state index in [9.17, 15) is 4.39 Å². The van der Waals surface area contributed by atoms with Crippen molar-refractivity contribution < 1.29 is 9.13 Å². The standard InChI is InChI=1S/C12H16FNO/c1-8-6-10(7-15-8)12(14)9-2-4-11(13)5-3-9/h2-5,8,10,12H,6-7,14H2,1H3. The number of hydrogen-bond donors (Lipinski definition) is 1. The second-order valence-corrected chi connectivity index (χ2v) is 4.22. The van der Waals surface area contributed by atoms with Crippen LogP contribution in [0.3, 0.4) is 0 Å². The van der Waals surface area contributed by atoms with Crippen molar-refractivity contribution in [3.8, 4) is 0 Å². The van der Waals surface area contributed by atoms with Crippen LogP contribution in [0.2, 0.25) is 0 Å². The third kappa shape index (κ3) is 2.36. The van der Waals surface area contributed by atoms with Crippen LogP contribution in [0.25, 0.3) is 0 Å². The van der Waals surface area contributed by atoms with Crippen molar-refractivity contribution in [2.24, 2.45) is 11.7 Å². The Balaban J connectivity index is 2.07. The first-order valence-corrected chi connectivity index (χ1v) is 5.29. The van der Waals surface area contributed by atoms with Crippen LogP contribution in [0.15, 0.2) is 24.3 Å². The zero-order chi connectivity index (χ0) is 10.8. The summed E-state index contributed by atoms with van der Waals surface area (Å²) in [5, 5.41) is 0. The molecule has 0 aliphatic carbocycles. The Morgan fingerprint density at radius 1 is 1.40 bits per heavy atom. The number of nitrogens with two attached hydrogens (primary N) is 1. The van der Waals surface area contributed by atoms with E-state index >= 15 is 0 Å². The number of benzene rings is 1. The number of rotatable bonds is 2. The predicted molar refractivity (Wildman–Crippen MR) is 56.8 cm³/mol. The van der Waals surface area contributed by atoms with Crippen molar-refractivity contribution in [3.63, 3.8) is 0 Å². The molecule has 3 heteroatoms. The molecule has 2 nitrogen and oxygen atoms in total. The smallest absolute Gasteiger partial charge is 0.123 e. The molecule has 3 atom stereocenters. The minimum atomic E-state index is -0.220. The molecule has 1 heterocycles. The molecule has 82 valence electrons. The van der Waals surface area contributed by atoms with Crippen LogP contribution in [0, 0.1) is 11.7 Å². The van der Waals surface area contributed by atoms with Crippen molar-refractivity contribution in [1.29, 1.82) is 0 Å². The first kappa shape index (κ1) is 10.6. The fraction of sp³-hybridized carbons (Fsp3) is 0.500. The highest BCUT2D eigenvalue weighted by Gasteiger charge is 2.28. The number of hydrogen-bond acceptors (Lipinski definition) is 2. The van der Waals surface area contributed by atoms with Crippen LogP contribution in [-0.4, -0.2) is 12.7 Å². The molecule has 0 aromatic heterocycles. The lowest BCUT2D eigenvalue weighted by Gasteiger charge is -2.17. The van der Waals surface area contributed by atoms with Gasteiger partial charge in [-0.3, -0.25) is 0 Å². The monoisotopic (exact) mass is 209 g/mol. The van der Waals surface area contributed by atoms with E-state index in [0.717, 1.165) is 12.0 Å². The van der Waals surface area contributed by atoms with Crippen molar-refractivity contribution in [1.82, 2.24) is 0 Å². The number of ether oxygens (including phenoxy) is 1. The minimum absolute atomic E-state index is 0.0458. The van der Waals surface area contributed by atoms with Gasteiger partial charge in [0.15, 0.2) is 0 Å². The maximum atomic E-state index is 12.7. The quantitative estimate of drug-likeness (QED) is 0.810. The third-order valence-corrected chi connectivity index (χ3v) is 2.99. The van der Waals surface area contributed by atoms with Crippen LogP contribution in [0.5, 0.6) is 0 Å². The molecule has 0 saturated carbocycles. The Hall–Kier alpha value is -0.930. The Morgan fingerprint density at radius 3 is 2.60 bits per heavy atom. The van der Waals surface area contributed by atoms with Crippen LogP contribution in [-0.2, 0) is 4.74 Å². The molecule has 1 aliphatic heterocycles. The van der Waals surface area contributed by atoms with Gasteiger partial charge >= 0.3 is 0 Å². The van der Waals surface area contributed by atoms with Gasteiger partial charge in [-0.25, -0.2) is 4.39 Å². The summed E-state index contributed by atoms with van der Waals surface area (Å²) in [5.41, 5.74) is 7.10. The first-order chi connectivity index (χ1) is 7.16. The highest BCUT2D eigenvalue weighted by Crippen LogP contribution is 2.29. The molecule has 1 aromatic rings. The maximum Gasteiger partial charge on any atom is 0.123 e. The lowest BCUT2D eigenvalue weighted by atomic mass is 9.92. The zero-order valence-corrected chi connectivity index (χ0v) is 8.82. The zero-order valence-electron chi connectivity index (χ0n) is 8.82. The summed E-state index contributed by atoms with van der Waals surface area (Å²) < 4.78 is 18.2. The van der Waals surface area contributed by atoms with Gasteiger partial charge in [-0.1, -0.05) is 12.1 Å². The second-order valence-electron chi connectivity index (χ2n) is 4.22. The summed E-state index contributed by atoms with van der Waals surface area (Å²) in [4.78, 5) is 0. The molecule has 1 fully saturated rings. The SMILES string of the molecule is CC1CC(C(N)c2ccc(F)cc2)CO1. The predicted octanol–water partition coefficient (Wildman–Crippen LogP) is 2.25. The normalized spacial score (nSPS) is 27.9. The van der Waals surface area contributed by atoms with Gasteiger partial charge in [0.1, 0.15) is 5.82 Å². The lowest BCUT2D eigenvalue weighted by Crippen LogP contribution is -2.21. The van der Waals surface area contributed by atoms with E-state index in [0.29, 0.717) is 18.6 Å². The van der Waals surface area contributed by atoms with Crippen LogP contribution >= 0.6 is 0 Å². The molecule has 15 heavy (non-hydrogen) atoms. The van der Waals surface area contributed by atoms with E-state index in [1.165, 1.54) is 12.1 Å². The van der Waals surface area contributed by atoms with Crippen molar-refractivity contribution in [2.45, 2.75) is 25.5 Å². The summed E-state index contributed by atoms with van der Waals surface area (Å²) in [6.07, 6.45) is 1.28. The molecule has 1 saturated heterocycles. The number of halogens is 1. The molecule has 2 N–H and O–H groups in total. The van der Waals surface area contributed by atoms with E-state index in [1.807, 2.05) is 0 Å². The molecular weight excluding hydrogens is 193 g/mol. The van der Waals surface area contributed by atoms with Gasteiger partial charge in [-0.05, 0) is 31.0 Å². The first-order valence-electron chi connectivity index (χ1n) is 5.29. The molecule has 0 amide bonds. The van der Waals surface area contributed by atoms with E-state index in [1.54, 1.807) is 12.1 Å². The van der Waals surface area contributed by atoms with Gasteiger partial charge in [-0.2, -0.15) is 0 Å². The Bertz CT molecular complexity index is 325. The molecule has 1 aromatic carbocycles. The van der Waals surface area contributed by atoms with Gasteiger partial charge in [-0.15, -0.1) is 0 Å². The summed E-state index contributed by atoms with van der Waals surface area (Å²) in [7, 11) is 0. The van der Waals surface area contributed by atoms with Gasteiger partial charge < -0.3 is 10.5 Å². The molecule has 0 bridgehead atoms. The van der Waals surface area contributed by atoms with Gasteiger partial charge in [0.2, 0.25) is 0 Å². The molecular formula is C12H16FNO. The van der Waals surface area contributed by atoms with Gasteiger partial charge in [0.25, 0.3) is 0 Å². The molecule has 3 unspecified atom stereocenters. The fourth-order valence-corrected chi connectivity index (χ4v) is 2.06. The maximum absolute atomic E-state index is 12.7. The summed E-state index contributed by atoms with van der Waals surface area (Å²) in [5.74, 6) is 0.132. The lowest BCUT2D eigenvalue weighted by molar-refractivity contribution is 0.118. The van der Waals surface area contributed by atoms with Gasteiger partial charge in [0.05, 0.1) is 12.7 Å². The molecule has 0 spiro atoms. The molecule has 1 aliphatic rings. The minimum Gasteiger partial charge on any atom is -0.378 e. The van der Waals surface area contributed by atoms with E-state index in [2.05, 4.69) is 6.92 Å². The van der Waals surface area contributed by atoms with Gasteiger partial charge in [0, 0.05) is 12.0 Å². The van der Waals surface area contributed by atoms with Crippen LogP contribution < -0.4 is 5.73 Å².